The predicted molar refractivity (Wildman–Crippen MR) is 25.5 cm³/mol. The van der Waals surface area contributed by atoms with E-state index >= 15 is 0 Å². The first kappa shape index (κ1) is 24.1. The Hall–Kier alpha value is 2.18. The minimum Gasteiger partial charge on any atom is -1.00 e. The molecule has 0 atom stereocenters. The second-order valence-corrected chi connectivity index (χ2v) is 0.316. The van der Waals surface area contributed by atoms with Crippen molar-refractivity contribution < 1.29 is 44.4 Å². The Morgan fingerprint density at radius 2 is 1.67 bits per heavy atom. The van der Waals surface area contributed by atoms with Gasteiger partial charge in [0.2, 0.25) is 0 Å². The van der Waals surface area contributed by atoms with Crippen molar-refractivity contribution in [2.24, 2.45) is 0 Å². The van der Waals surface area contributed by atoms with Crippen LogP contribution in [-0.2, 0) is 0 Å². The van der Waals surface area contributed by atoms with Gasteiger partial charge >= 0.3 is 67.3 Å². The van der Waals surface area contributed by atoms with E-state index in [1.54, 1.807) is 6.92 Å². The molecule has 0 rings (SSSR count). The van der Waals surface area contributed by atoms with Crippen LogP contribution in [0.4, 0.5) is 0 Å². The molecule has 0 aliphatic heterocycles. The molecular formula is C2H11CaNaO2. The van der Waals surface area contributed by atoms with Crippen LogP contribution in [-0.4, -0.2) is 54.9 Å². The van der Waals surface area contributed by atoms with Gasteiger partial charge in [0, 0.05) is 6.61 Å². The van der Waals surface area contributed by atoms with Crippen LogP contribution < -0.4 is 29.6 Å². The summed E-state index contributed by atoms with van der Waals surface area (Å²) in [5, 5.41) is 7.57. The Morgan fingerprint density at radius 1 is 1.67 bits per heavy atom. The van der Waals surface area contributed by atoms with Crippen LogP contribution in [0.25, 0.3) is 0 Å². The fourth-order valence-electron chi connectivity index (χ4n) is 0. The Bertz CT molecular complexity index is 19.8. The number of aliphatic hydroxyl groups is 1. The summed E-state index contributed by atoms with van der Waals surface area (Å²) < 4.78 is 0. The quantitative estimate of drug-likeness (QED) is 0.335. The molecule has 0 unspecified atom stereocenters. The minimum absolute atomic E-state index is 0. The Kier molecular flexibility index (Phi) is 109. The van der Waals surface area contributed by atoms with E-state index in [2.05, 4.69) is 0 Å². The van der Waals surface area contributed by atoms with Gasteiger partial charge in [0.15, 0.2) is 0 Å². The fourth-order valence-corrected chi connectivity index (χ4v) is 0. The molecule has 0 bridgehead atoms. The van der Waals surface area contributed by atoms with Gasteiger partial charge in [-0.2, -0.15) is 0 Å². The van der Waals surface area contributed by atoms with Gasteiger partial charge in [-0.15, -0.1) is 0 Å². The maximum absolute atomic E-state index is 7.57. The second kappa shape index (κ2) is 27.1. The van der Waals surface area contributed by atoms with E-state index in [4.69, 9.17) is 5.11 Å². The van der Waals surface area contributed by atoms with Crippen LogP contribution in [0.2, 0.25) is 0 Å². The normalized spacial score (nSPS) is 3.00. The van der Waals surface area contributed by atoms with E-state index in [1.165, 1.54) is 0 Å². The standard InChI is InChI=1S/C2H6O.Ca.Na.H2O.3H/c1-2-3;;;;;;/h3H,2H2,1H3;;;1H2;;;/q;+2;+1;;3*-1. The van der Waals surface area contributed by atoms with Crippen LogP contribution in [0.15, 0.2) is 0 Å². The van der Waals surface area contributed by atoms with Crippen LogP contribution >= 0.6 is 0 Å². The number of aliphatic hydroxyl groups excluding tert-OH is 1. The molecular weight excluding hydrogens is 119 g/mol. The summed E-state index contributed by atoms with van der Waals surface area (Å²) >= 11 is 0. The van der Waals surface area contributed by atoms with Gasteiger partial charge in [-0.25, -0.2) is 0 Å². The molecule has 0 aromatic heterocycles. The Labute approximate surface area is 94.4 Å². The molecule has 0 aliphatic carbocycles. The summed E-state index contributed by atoms with van der Waals surface area (Å²) in [6, 6.07) is 0. The first-order chi connectivity index (χ1) is 1.41. The summed E-state index contributed by atoms with van der Waals surface area (Å²) in [5.41, 5.74) is 0. The summed E-state index contributed by atoms with van der Waals surface area (Å²) in [4.78, 5) is 0. The molecule has 2 nitrogen and oxygen atoms in total. The molecule has 6 heavy (non-hydrogen) atoms. The van der Waals surface area contributed by atoms with E-state index in [9.17, 15) is 0 Å². The van der Waals surface area contributed by atoms with Crippen molar-refractivity contribution in [2.75, 3.05) is 6.61 Å². The third-order valence-corrected chi connectivity index (χ3v) is 0. The largest absolute Gasteiger partial charge is 2.00 e. The molecule has 0 spiro atoms. The van der Waals surface area contributed by atoms with Crippen LogP contribution in [0.1, 0.15) is 11.2 Å². The second-order valence-electron chi connectivity index (χ2n) is 0.316. The van der Waals surface area contributed by atoms with Gasteiger partial charge in [0.25, 0.3) is 0 Å². The fraction of sp³-hybridized carbons (Fsp3) is 1.00. The van der Waals surface area contributed by atoms with E-state index in [1.807, 2.05) is 0 Å². The zero-order chi connectivity index (χ0) is 2.71. The van der Waals surface area contributed by atoms with E-state index in [0.29, 0.717) is 0 Å². The molecule has 0 fully saturated rings. The van der Waals surface area contributed by atoms with Gasteiger partial charge in [0.05, 0.1) is 0 Å². The van der Waals surface area contributed by atoms with Gasteiger partial charge in [0.1, 0.15) is 0 Å². The summed E-state index contributed by atoms with van der Waals surface area (Å²) in [5.74, 6) is 0. The van der Waals surface area contributed by atoms with Crippen molar-refractivity contribution in [3.8, 4) is 0 Å². The molecule has 0 amide bonds. The molecule has 0 saturated carbocycles. The Morgan fingerprint density at radius 3 is 1.67 bits per heavy atom. The van der Waals surface area contributed by atoms with Gasteiger partial charge in [-0.3, -0.25) is 0 Å². The molecule has 0 heterocycles. The summed E-state index contributed by atoms with van der Waals surface area (Å²) in [6.45, 7) is 1.93. The number of hydrogen-bond donors (Lipinski definition) is 1. The SMILES string of the molecule is CCO.O.[Ca+2].[H-].[H-].[H-].[Na+]. The van der Waals surface area contributed by atoms with Crippen molar-refractivity contribution in [2.45, 2.75) is 6.92 Å². The molecule has 34 valence electrons. The van der Waals surface area contributed by atoms with Crippen molar-refractivity contribution >= 4 is 37.7 Å². The Balaban J connectivity index is -0.00000000133. The molecule has 0 saturated heterocycles. The van der Waals surface area contributed by atoms with Gasteiger partial charge in [-0.1, -0.05) is 0 Å². The number of rotatable bonds is 0. The maximum Gasteiger partial charge on any atom is 2.00 e. The zero-order valence-electron chi connectivity index (χ0n) is 7.36. The van der Waals surface area contributed by atoms with Crippen molar-refractivity contribution in [1.82, 2.24) is 0 Å². The third-order valence-electron chi connectivity index (χ3n) is 0. The van der Waals surface area contributed by atoms with Gasteiger partial charge < -0.3 is 14.9 Å². The topological polar surface area (TPSA) is 51.7 Å². The maximum atomic E-state index is 7.57. The van der Waals surface area contributed by atoms with Gasteiger partial charge in [-0.05, 0) is 6.92 Å². The summed E-state index contributed by atoms with van der Waals surface area (Å²) in [7, 11) is 0. The predicted octanol–water partition coefficient (Wildman–Crippen LogP) is -3.87. The first-order valence-corrected chi connectivity index (χ1v) is 1.02. The van der Waals surface area contributed by atoms with Crippen molar-refractivity contribution in [1.29, 1.82) is 0 Å². The molecule has 0 radical (unpaired) electrons. The number of hydrogen-bond acceptors (Lipinski definition) is 1. The van der Waals surface area contributed by atoms with Crippen LogP contribution in [0.3, 0.4) is 0 Å². The van der Waals surface area contributed by atoms with Crippen LogP contribution in [0, 0.1) is 0 Å². The minimum atomic E-state index is 0. The smallest absolute Gasteiger partial charge is 1.00 e. The average molecular weight is 130 g/mol. The third kappa shape index (κ3) is 34.9. The van der Waals surface area contributed by atoms with Crippen LogP contribution in [0.5, 0.6) is 0 Å². The monoisotopic (exact) mass is 130 g/mol. The molecule has 4 heteroatoms. The van der Waals surface area contributed by atoms with E-state index in [0.717, 1.165) is 0 Å². The molecule has 0 aromatic rings. The average Bonchev–Trinajstić information content (AvgIpc) is 0.918. The van der Waals surface area contributed by atoms with E-state index in [-0.39, 0.29) is 83.7 Å². The van der Waals surface area contributed by atoms with Crippen molar-refractivity contribution in [3.63, 3.8) is 0 Å². The van der Waals surface area contributed by atoms with E-state index < -0.39 is 0 Å². The molecule has 0 aromatic carbocycles. The van der Waals surface area contributed by atoms with Crippen molar-refractivity contribution in [3.05, 3.63) is 0 Å². The zero-order valence-corrected chi connectivity index (χ0v) is 8.57. The summed E-state index contributed by atoms with van der Waals surface area (Å²) in [6.07, 6.45) is 0. The molecule has 0 aliphatic rings. The first-order valence-electron chi connectivity index (χ1n) is 1.02. The molecule has 3 N–H and O–H groups in total.